The van der Waals surface area contributed by atoms with Gasteiger partial charge < -0.3 is 24.6 Å². The number of esters is 2. The lowest BCUT2D eigenvalue weighted by molar-refractivity contribution is -0.161. The van der Waals surface area contributed by atoms with Crippen molar-refractivity contribution in [3.05, 3.63) is 36.5 Å². The van der Waals surface area contributed by atoms with E-state index in [2.05, 4.69) is 42.7 Å². The molecule has 0 radical (unpaired) electrons. The van der Waals surface area contributed by atoms with E-state index in [1.165, 1.54) is 116 Å². The molecule has 0 aliphatic heterocycles. The monoisotopic (exact) mass is 801 g/mol. The molecular weight excluding hydrogens is 719 g/mol. The van der Waals surface area contributed by atoms with Crippen LogP contribution in [-0.2, 0) is 32.7 Å². The highest BCUT2D eigenvalue weighted by Crippen LogP contribution is 2.43. The Morgan fingerprint density at radius 3 is 1.49 bits per heavy atom. The van der Waals surface area contributed by atoms with Crippen molar-refractivity contribution >= 4 is 19.8 Å². The second-order valence-corrected chi connectivity index (χ2v) is 16.2. The molecule has 0 saturated carbocycles. The lowest BCUT2D eigenvalue weighted by Gasteiger charge is -2.20. The molecule has 10 nitrogen and oxygen atoms in total. The van der Waals surface area contributed by atoms with Crippen molar-refractivity contribution in [3.8, 4) is 0 Å². The summed E-state index contributed by atoms with van der Waals surface area (Å²) in [6.07, 6.45) is 41.3. The van der Waals surface area contributed by atoms with Crippen LogP contribution in [0.5, 0.6) is 0 Å². The molecule has 0 aromatic rings. The van der Waals surface area contributed by atoms with Gasteiger partial charge in [-0.3, -0.25) is 18.6 Å². The number of hydrogen-bond donors (Lipinski definition) is 3. The zero-order valence-corrected chi connectivity index (χ0v) is 35.8. The summed E-state index contributed by atoms with van der Waals surface area (Å²) in [5, 5.41) is 18.3. The summed E-state index contributed by atoms with van der Waals surface area (Å²) in [6, 6.07) is 0. The van der Waals surface area contributed by atoms with Crippen molar-refractivity contribution < 1.29 is 47.8 Å². The van der Waals surface area contributed by atoms with E-state index in [1.807, 2.05) is 12.2 Å². The summed E-state index contributed by atoms with van der Waals surface area (Å²) in [5.74, 6) is -1.01. The van der Waals surface area contributed by atoms with E-state index in [-0.39, 0.29) is 19.4 Å². The van der Waals surface area contributed by atoms with Gasteiger partial charge >= 0.3 is 19.8 Å². The van der Waals surface area contributed by atoms with Crippen LogP contribution in [0.25, 0.3) is 0 Å². The third-order valence-corrected chi connectivity index (χ3v) is 10.2. The van der Waals surface area contributed by atoms with E-state index in [4.69, 9.17) is 19.1 Å². The van der Waals surface area contributed by atoms with Gasteiger partial charge in [-0.05, 0) is 57.8 Å². The van der Waals surface area contributed by atoms with Crippen LogP contribution in [0.2, 0.25) is 0 Å². The Morgan fingerprint density at radius 1 is 0.545 bits per heavy atom. The zero-order valence-electron chi connectivity index (χ0n) is 34.9. The minimum absolute atomic E-state index is 0.0778. The zero-order chi connectivity index (χ0) is 40.5. The maximum absolute atomic E-state index is 12.5. The Labute approximate surface area is 335 Å². The van der Waals surface area contributed by atoms with Crippen LogP contribution in [0.4, 0.5) is 0 Å². The average Bonchev–Trinajstić information content (AvgIpc) is 3.17. The summed E-state index contributed by atoms with van der Waals surface area (Å²) < 4.78 is 32.6. The Kier molecular flexibility index (Phi) is 39.1. The minimum atomic E-state index is -4.63. The molecule has 0 aromatic heterocycles. The fourth-order valence-corrected chi connectivity index (χ4v) is 6.65. The Morgan fingerprint density at radius 2 is 0.982 bits per heavy atom. The van der Waals surface area contributed by atoms with E-state index >= 15 is 0 Å². The first kappa shape index (κ1) is 53.2. The highest BCUT2D eigenvalue weighted by molar-refractivity contribution is 7.47. The second-order valence-electron chi connectivity index (χ2n) is 14.7. The molecule has 0 amide bonds. The number of unbranched alkanes of at least 4 members (excludes halogenated alkanes) is 21. The maximum atomic E-state index is 12.5. The van der Waals surface area contributed by atoms with Gasteiger partial charge in [-0.15, -0.1) is 0 Å². The molecule has 0 spiro atoms. The standard InChI is InChI=1S/C44H81O10P/c1-3-5-7-9-11-13-15-17-18-19-20-21-22-24-25-27-29-31-33-35-43(47)51-39-42(40-53-55(49,50)52-38-41(46)37-45)54-44(48)36-34-32-30-28-26-23-16-14-12-10-8-6-4-2/h19-20,23,26,30,32,41-42,45-46H,3-18,21-22,24-25,27-29,31,33-40H2,1-2H3,(H,49,50)/b20-19+,26-23+,32-30+/t41-,42?/m1/s1. The number of aliphatic hydroxyl groups is 2. The van der Waals surface area contributed by atoms with Crippen molar-refractivity contribution in [1.29, 1.82) is 0 Å². The topological polar surface area (TPSA) is 149 Å². The van der Waals surface area contributed by atoms with E-state index in [1.54, 1.807) is 0 Å². The van der Waals surface area contributed by atoms with Gasteiger partial charge in [0.25, 0.3) is 0 Å². The average molecular weight is 801 g/mol. The molecule has 0 aromatic carbocycles. The molecule has 0 rings (SSSR count). The lowest BCUT2D eigenvalue weighted by Crippen LogP contribution is -2.29. The first-order chi connectivity index (χ1) is 26.7. The van der Waals surface area contributed by atoms with Crippen LogP contribution in [0.3, 0.4) is 0 Å². The molecule has 3 N–H and O–H groups in total. The summed E-state index contributed by atoms with van der Waals surface area (Å²) in [6.45, 7) is 2.31. The highest BCUT2D eigenvalue weighted by Gasteiger charge is 2.27. The largest absolute Gasteiger partial charge is 0.472 e. The number of carbonyl (C=O) groups excluding carboxylic acids is 2. The van der Waals surface area contributed by atoms with Gasteiger partial charge in [-0.2, -0.15) is 0 Å². The predicted octanol–water partition coefficient (Wildman–Crippen LogP) is 11.6. The molecular formula is C44H81O10P. The number of hydrogen-bond acceptors (Lipinski definition) is 9. The summed E-state index contributed by atoms with van der Waals surface area (Å²) >= 11 is 0. The van der Waals surface area contributed by atoms with E-state index in [0.29, 0.717) is 12.8 Å². The van der Waals surface area contributed by atoms with Gasteiger partial charge in [0.05, 0.1) is 19.8 Å². The van der Waals surface area contributed by atoms with Crippen molar-refractivity contribution in [2.75, 3.05) is 26.4 Å². The van der Waals surface area contributed by atoms with E-state index < -0.39 is 51.8 Å². The molecule has 0 bridgehead atoms. The van der Waals surface area contributed by atoms with Crippen LogP contribution in [0.1, 0.15) is 194 Å². The number of allylic oxidation sites excluding steroid dienone is 6. The van der Waals surface area contributed by atoms with Crippen LogP contribution in [-0.4, -0.2) is 65.7 Å². The van der Waals surface area contributed by atoms with Gasteiger partial charge in [0, 0.05) is 12.8 Å². The van der Waals surface area contributed by atoms with Crippen molar-refractivity contribution in [2.24, 2.45) is 0 Å². The molecule has 0 aliphatic rings. The maximum Gasteiger partial charge on any atom is 0.472 e. The molecule has 0 heterocycles. The quantitative estimate of drug-likeness (QED) is 0.0236. The van der Waals surface area contributed by atoms with Gasteiger partial charge in [0.1, 0.15) is 12.7 Å². The Bertz CT molecular complexity index is 1010. The molecule has 0 fully saturated rings. The molecule has 322 valence electrons. The third-order valence-electron chi connectivity index (χ3n) is 9.28. The van der Waals surface area contributed by atoms with Crippen LogP contribution >= 0.6 is 7.82 Å². The number of carbonyl (C=O) groups is 2. The summed E-state index contributed by atoms with van der Waals surface area (Å²) in [4.78, 5) is 34.9. The highest BCUT2D eigenvalue weighted by atomic mass is 31.2. The number of ether oxygens (including phenoxy) is 2. The Hall–Kier alpha value is -1.81. The number of rotatable bonds is 41. The SMILES string of the molecule is CCCCCCCC/C=C/C/C=C/CCC(=O)OC(COC(=O)CCCCCCCCC/C=C/CCCCCCCCCC)COP(=O)(O)OC[C@H](O)CO. The second kappa shape index (κ2) is 40.4. The van der Waals surface area contributed by atoms with Crippen LogP contribution in [0.15, 0.2) is 36.5 Å². The molecule has 0 saturated heterocycles. The molecule has 11 heteroatoms. The van der Waals surface area contributed by atoms with Gasteiger partial charge in [-0.1, -0.05) is 159 Å². The molecule has 3 atom stereocenters. The number of phosphoric acid groups is 1. The predicted molar refractivity (Wildman–Crippen MR) is 224 cm³/mol. The third kappa shape index (κ3) is 40.2. The van der Waals surface area contributed by atoms with E-state index in [9.17, 15) is 24.2 Å². The van der Waals surface area contributed by atoms with Crippen LogP contribution in [0, 0.1) is 0 Å². The summed E-state index contributed by atoms with van der Waals surface area (Å²) in [7, 11) is -4.63. The Balaban J connectivity index is 4.31. The van der Waals surface area contributed by atoms with Crippen LogP contribution < -0.4 is 0 Å². The van der Waals surface area contributed by atoms with Gasteiger partial charge in [0.15, 0.2) is 6.10 Å². The minimum Gasteiger partial charge on any atom is -0.462 e. The fraction of sp³-hybridized carbons (Fsp3) is 0.818. The number of phosphoric ester groups is 1. The van der Waals surface area contributed by atoms with Crippen molar-refractivity contribution in [1.82, 2.24) is 0 Å². The molecule has 0 aliphatic carbocycles. The smallest absolute Gasteiger partial charge is 0.462 e. The summed E-state index contributed by atoms with van der Waals surface area (Å²) in [5.41, 5.74) is 0. The molecule has 55 heavy (non-hydrogen) atoms. The van der Waals surface area contributed by atoms with E-state index in [0.717, 1.165) is 38.5 Å². The number of aliphatic hydroxyl groups excluding tert-OH is 2. The first-order valence-electron chi connectivity index (χ1n) is 21.9. The van der Waals surface area contributed by atoms with Crippen molar-refractivity contribution in [2.45, 2.75) is 206 Å². The fourth-order valence-electron chi connectivity index (χ4n) is 5.86. The van der Waals surface area contributed by atoms with Gasteiger partial charge in [-0.25, -0.2) is 4.57 Å². The van der Waals surface area contributed by atoms with Gasteiger partial charge in [0.2, 0.25) is 0 Å². The molecule has 2 unspecified atom stereocenters. The lowest BCUT2D eigenvalue weighted by atomic mass is 10.1. The first-order valence-corrected chi connectivity index (χ1v) is 23.4. The van der Waals surface area contributed by atoms with Crippen molar-refractivity contribution in [3.63, 3.8) is 0 Å². The normalized spacial score (nSPS) is 14.2.